The van der Waals surface area contributed by atoms with Gasteiger partial charge in [-0.2, -0.15) is 0 Å². The van der Waals surface area contributed by atoms with E-state index in [4.69, 9.17) is 25.8 Å². The van der Waals surface area contributed by atoms with Gasteiger partial charge in [0.2, 0.25) is 0 Å². The zero-order valence-corrected chi connectivity index (χ0v) is 23.3. The Kier molecular flexibility index (Phi) is 7.09. The molecule has 1 aliphatic carbocycles. The highest BCUT2D eigenvalue weighted by molar-refractivity contribution is 6.32. The summed E-state index contributed by atoms with van der Waals surface area (Å²) in [5.74, 6) is 0.320. The first-order valence-electron chi connectivity index (χ1n) is 13.9. The third kappa shape index (κ3) is 4.77. The van der Waals surface area contributed by atoms with E-state index in [0.29, 0.717) is 16.5 Å². The molecular weight excluding hydrogens is 528 g/mol. The number of carbonyl (C=O) groups excluding carboxylic acids is 2. The lowest BCUT2D eigenvalue weighted by molar-refractivity contribution is -0.149. The largest absolute Gasteiger partial charge is 0.480 e. The van der Waals surface area contributed by atoms with Crippen LogP contribution in [-0.4, -0.2) is 30.4 Å². The van der Waals surface area contributed by atoms with E-state index in [9.17, 15) is 9.59 Å². The van der Waals surface area contributed by atoms with Crippen molar-refractivity contribution in [3.8, 4) is 11.5 Å². The molecule has 1 saturated heterocycles. The number of carbonyl (C=O) groups is 2. The van der Waals surface area contributed by atoms with Crippen LogP contribution >= 0.6 is 11.6 Å². The van der Waals surface area contributed by atoms with Gasteiger partial charge in [-0.3, -0.25) is 5.32 Å². The first-order valence-corrected chi connectivity index (χ1v) is 14.3. The van der Waals surface area contributed by atoms with Crippen molar-refractivity contribution >= 4 is 23.6 Å². The summed E-state index contributed by atoms with van der Waals surface area (Å²) in [6, 6.07) is 23.6. The number of ether oxygens (including phenoxy) is 3. The Bertz CT molecular complexity index is 1400. The van der Waals surface area contributed by atoms with E-state index < -0.39 is 11.7 Å². The van der Waals surface area contributed by atoms with Crippen molar-refractivity contribution in [2.45, 2.75) is 56.9 Å². The number of benzene rings is 3. The summed E-state index contributed by atoms with van der Waals surface area (Å²) >= 11 is 6.73. The lowest BCUT2D eigenvalue weighted by Crippen LogP contribution is -2.73. The van der Waals surface area contributed by atoms with Crippen LogP contribution in [0.15, 0.2) is 72.8 Å². The van der Waals surface area contributed by atoms with Crippen LogP contribution in [0.2, 0.25) is 5.02 Å². The molecule has 1 saturated carbocycles. The molecule has 7 nitrogen and oxygen atoms in total. The van der Waals surface area contributed by atoms with E-state index >= 15 is 0 Å². The number of hydrogen-bond donors (Lipinski definition) is 2. The summed E-state index contributed by atoms with van der Waals surface area (Å²) in [7, 11) is 0. The lowest BCUT2D eigenvalue weighted by atomic mass is 9.60. The standard InChI is InChI=1S/C32H33ClN2O5/c1-19(2)39-28(36)18-38-27-17-26-22(16-25(27)33)29(20-10-5-3-6-11-20)23-14-9-15-24-30(21-12-7-4-8-13-21)34-31(37)35-32(23,24)40-26/h3-8,10-13,16-17,19,23-24,29-30H,9,14-15,18H2,1-2H3,(H2,34,35,37)/t23-,24+,29-,30-,32-/m1/s1. The Morgan fingerprint density at radius 3 is 2.40 bits per heavy atom. The van der Waals surface area contributed by atoms with Gasteiger partial charge in [0.05, 0.1) is 17.2 Å². The van der Waals surface area contributed by atoms with Crippen LogP contribution in [0, 0.1) is 11.8 Å². The maximum atomic E-state index is 13.3. The molecule has 40 heavy (non-hydrogen) atoms. The van der Waals surface area contributed by atoms with Gasteiger partial charge in [0.25, 0.3) is 0 Å². The molecule has 2 amide bonds. The molecular formula is C32H33ClN2O5. The van der Waals surface area contributed by atoms with Crippen molar-refractivity contribution in [2.75, 3.05) is 6.61 Å². The van der Waals surface area contributed by atoms with Crippen LogP contribution in [0.5, 0.6) is 11.5 Å². The number of fused-ring (bicyclic) bond motifs is 1. The molecule has 5 atom stereocenters. The van der Waals surface area contributed by atoms with Crippen LogP contribution in [0.4, 0.5) is 4.79 Å². The topological polar surface area (TPSA) is 85.9 Å². The fraction of sp³-hybridized carbons (Fsp3) is 0.375. The van der Waals surface area contributed by atoms with Gasteiger partial charge in [0, 0.05) is 29.4 Å². The van der Waals surface area contributed by atoms with Gasteiger partial charge in [-0.1, -0.05) is 78.7 Å². The molecule has 3 aromatic carbocycles. The first kappa shape index (κ1) is 26.5. The van der Waals surface area contributed by atoms with Crippen molar-refractivity contribution < 1.29 is 23.8 Å². The summed E-state index contributed by atoms with van der Waals surface area (Å²) < 4.78 is 18.0. The molecule has 2 fully saturated rings. The Hall–Kier alpha value is -3.71. The number of hydrogen-bond acceptors (Lipinski definition) is 5. The minimum absolute atomic E-state index is 0.0215. The van der Waals surface area contributed by atoms with Gasteiger partial charge < -0.3 is 19.5 Å². The normalized spacial score (nSPS) is 26.8. The minimum atomic E-state index is -0.948. The molecule has 6 rings (SSSR count). The molecule has 2 N–H and O–H groups in total. The Morgan fingerprint density at radius 1 is 1.02 bits per heavy atom. The summed E-state index contributed by atoms with van der Waals surface area (Å²) in [6.07, 6.45) is 2.53. The quantitative estimate of drug-likeness (QED) is 0.343. The molecule has 0 unspecified atom stereocenters. The van der Waals surface area contributed by atoms with Gasteiger partial charge in [0.1, 0.15) is 11.5 Å². The molecule has 0 bridgehead atoms. The van der Waals surface area contributed by atoms with Crippen LogP contribution in [0.25, 0.3) is 0 Å². The summed E-state index contributed by atoms with van der Waals surface area (Å²) in [6.45, 7) is 3.30. The molecule has 2 aliphatic heterocycles. The third-order valence-corrected chi connectivity index (χ3v) is 8.54. The zero-order chi connectivity index (χ0) is 27.9. The summed E-state index contributed by atoms with van der Waals surface area (Å²) in [4.78, 5) is 25.5. The van der Waals surface area contributed by atoms with Crippen molar-refractivity contribution in [1.82, 2.24) is 10.6 Å². The van der Waals surface area contributed by atoms with Crippen molar-refractivity contribution in [3.05, 3.63) is 94.5 Å². The number of halogens is 1. The minimum Gasteiger partial charge on any atom is -0.480 e. The van der Waals surface area contributed by atoms with Crippen molar-refractivity contribution in [2.24, 2.45) is 11.8 Å². The number of nitrogens with one attached hydrogen (secondary N) is 2. The molecule has 1 spiro atoms. The van der Waals surface area contributed by atoms with Crippen molar-refractivity contribution in [3.63, 3.8) is 0 Å². The fourth-order valence-corrected chi connectivity index (χ4v) is 7.01. The number of esters is 1. The smallest absolute Gasteiger partial charge is 0.344 e. The monoisotopic (exact) mass is 560 g/mol. The highest BCUT2D eigenvalue weighted by atomic mass is 35.5. The van der Waals surface area contributed by atoms with E-state index in [2.05, 4.69) is 34.9 Å². The van der Waals surface area contributed by atoms with Crippen LogP contribution in [0.3, 0.4) is 0 Å². The van der Waals surface area contributed by atoms with E-state index in [0.717, 1.165) is 36.0 Å². The third-order valence-electron chi connectivity index (χ3n) is 8.24. The maximum Gasteiger partial charge on any atom is 0.344 e. The van der Waals surface area contributed by atoms with Gasteiger partial charge in [-0.15, -0.1) is 0 Å². The van der Waals surface area contributed by atoms with Crippen LogP contribution in [-0.2, 0) is 9.53 Å². The molecule has 0 aromatic heterocycles. The molecule has 3 aromatic rings. The number of amides is 2. The Balaban J connectivity index is 1.45. The summed E-state index contributed by atoms with van der Waals surface area (Å²) in [5, 5.41) is 6.83. The average Bonchev–Trinajstić information content (AvgIpc) is 2.94. The maximum absolute atomic E-state index is 13.3. The second-order valence-electron chi connectivity index (χ2n) is 11.1. The van der Waals surface area contributed by atoms with E-state index in [1.807, 2.05) is 42.5 Å². The summed E-state index contributed by atoms with van der Waals surface area (Å²) in [5.41, 5.74) is 2.17. The average molecular weight is 561 g/mol. The molecule has 8 heteroatoms. The predicted molar refractivity (Wildman–Crippen MR) is 152 cm³/mol. The molecule has 2 heterocycles. The van der Waals surface area contributed by atoms with Gasteiger partial charge in [-0.25, -0.2) is 9.59 Å². The highest BCUT2D eigenvalue weighted by Crippen LogP contribution is 2.58. The zero-order valence-electron chi connectivity index (χ0n) is 22.6. The number of urea groups is 1. The lowest BCUT2D eigenvalue weighted by Gasteiger charge is -2.58. The Labute approximate surface area is 239 Å². The van der Waals surface area contributed by atoms with Crippen LogP contribution < -0.4 is 20.1 Å². The fourth-order valence-electron chi connectivity index (χ4n) is 6.78. The van der Waals surface area contributed by atoms with E-state index in [1.165, 1.54) is 0 Å². The molecule has 208 valence electrons. The second kappa shape index (κ2) is 10.7. The van der Waals surface area contributed by atoms with Gasteiger partial charge in [0.15, 0.2) is 12.3 Å². The second-order valence-corrected chi connectivity index (χ2v) is 11.5. The van der Waals surface area contributed by atoms with E-state index in [1.54, 1.807) is 19.9 Å². The highest BCUT2D eigenvalue weighted by Gasteiger charge is 2.61. The molecule has 0 radical (unpaired) electrons. The van der Waals surface area contributed by atoms with Crippen molar-refractivity contribution in [1.29, 1.82) is 0 Å². The Morgan fingerprint density at radius 2 is 1.70 bits per heavy atom. The van der Waals surface area contributed by atoms with Crippen LogP contribution in [0.1, 0.15) is 61.8 Å². The first-order chi connectivity index (χ1) is 19.4. The SMILES string of the molecule is CC(C)OC(=O)COc1cc2c(cc1Cl)[C@@H](c1ccccc1)[C@H]1CCC[C@H]3[C@@H](c4ccccc4)NC(=O)N[C@@]13O2. The van der Waals surface area contributed by atoms with E-state index in [-0.39, 0.29) is 42.5 Å². The van der Waals surface area contributed by atoms with Gasteiger partial charge in [-0.05, 0) is 43.9 Å². The predicted octanol–water partition coefficient (Wildman–Crippen LogP) is 6.36. The number of rotatable bonds is 6. The molecule has 3 aliphatic rings. The van der Waals surface area contributed by atoms with Gasteiger partial charge >= 0.3 is 12.0 Å².